The molecule has 0 radical (unpaired) electrons. The number of H-pyrrole nitrogens is 1. The van der Waals surface area contributed by atoms with E-state index < -0.39 is 5.69 Å². The molecule has 2 aromatic carbocycles. The van der Waals surface area contributed by atoms with Gasteiger partial charge in [-0.15, -0.1) is 5.10 Å². The quantitative estimate of drug-likeness (QED) is 0.376. The van der Waals surface area contributed by atoms with E-state index in [0.717, 1.165) is 16.5 Å². The zero-order valence-corrected chi connectivity index (χ0v) is 19.8. The van der Waals surface area contributed by atoms with Gasteiger partial charge in [0.1, 0.15) is 28.4 Å². The highest BCUT2D eigenvalue weighted by Gasteiger charge is 2.25. The number of methoxy groups -OCH3 is 3. The van der Waals surface area contributed by atoms with Gasteiger partial charge in [0.15, 0.2) is 17.1 Å². The van der Waals surface area contributed by atoms with Crippen LogP contribution in [0.3, 0.4) is 0 Å². The molecular weight excluding hydrogens is 452 g/mol. The van der Waals surface area contributed by atoms with Crippen molar-refractivity contribution in [3.8, 4) is 28.5 Å². The summed E-state index contributed by atoms with van der Waals surface area (Å²) in [5.41, 5.74) is 2.60. The number of hydrogen-bond donors (Lipinski definition) is 1. The Kier molecular flexibility index (Phi) is 4.53. The van der Waals surface area contributed by atoms with E-state index in [4.69, 9.17) is 23.0 Å². The molecule has 10 heteroatoms. The molecule has 0 atom stereocenters. The first-order chi connectivity index (χ1) is 16.9. The number of hydrogen-bond acceptors (Lipinski definition) is 8. The lowest BCUT2D eigenvalue weighted by Crippen LogP contribution is -2.13. The fourth-order valence-electron chi connectivity index (χ4n) is 4.48. The minimum atomic E-state index is -0.482. The Labute approximate surface area is 198 Å². The predicted octanol–water partition coefficient (Wildman–Crippen LogP) is 4.88. The van der Waals surface area contributed by atoms with Gasteiger partial charge in [0.25, 0.3) is 0 Å². The van der Waals surface area contributed by atoms with Gasteiger partial charge in [-0.05, 0) is 24.3 Å². The summed E-state index contributed by atoms with van der Waals surface area (Å²) in [6.45, 7) is 4.13. The molecule has 4 heterocycles. The van der Waals surface area contributed by atoms with Crippen molar-refractivity contribution in [1.82, 2.24) is 19.8 Å². The van der Waals surface area contributed by atoms with Crippen molar-refractivity contribution >= 4 is 38.6 Å². The molecule has 35 heavy (non-hydrogen) atoms. The average Bonchev–Trinajstić information content (AvgIpc) is 3.56. The lowest BCUT2D eigenvalue weighted by atomic mass is 10.0. The van der Waals surface area contributed by atoms with E-state index in [2.05, 4.69) is 29.1 Å². The maximum absolute atomic E-state index is 12.5. The van der Waals surface area contributed by atoms with Crippen LogP contribution in [0.1, 0.15) is 25.5 Å². The summed E-state index contributed by atoms with van der Waals surface area (Å²) in [4.78, 5) is 12.5. The van der Waals surface area contributed by atoms with E-state index in [1.165, 1.54) is 4.52 Å². The van der Waals surface area contributed by atoms with Crippen molar-refractivity contribution in [3.63, 3.8) is 0 Å². The summed E-state index contributed by atoms with van der Waals surface area (Å²) < 4.78 is 30.2. The molecule has 0 aliphatic rings. The van der Waals surface area contributed by atoms with E-state index >= 15 is 0 Å². The van der Waals surface area contributed by atoms with Crippen LogP contribution in [0.4, 0.5) is 0 Å². The topological polar surface area (TPSA) is 117 Å². The molecular formula is C25H22N4O6. The van der Waals surface area contributed by atoms with Gasteiger partial charge in [0, 0.05) is 22.9 Å². The molecule has 0 aliphatic heterocycles. The van der Waals surface area contributed by atoms with Gasteiger partial charge in [0.05, 0.1) is 32.1 Å². The van der Waals surface area contributed by atoms with Gasteiger partial charge in [-0.2, -0.15) is 9.61 Å². The lowest BCUT2D eigenvalue weighted by Gasteiger charge is -2.10. The fourth-order valence-corrected chi connectivity index (χ4v) is 4.48. The summed E-state index contributed by atoms with van der Waals surface area (Å²) in [5.74, 6) is 2.69. The molecule has 10 nitrogen and oxygen atoms in total. The second kappa shape index (κ2) is 7.52. The number of fused-ring (bicyclic) bond motifs is 6. The molecule has 0 aliphatic carbocycles. The van der Waals surface area contributed by atoms with E-state index in [-0.39, 0.29) is 11.6 Å². The van der Waals surface area contributed by atoms with Gasteiger partial charge in [-0.25, -0.2) is 9.89 Å². The molecule has 178 valence electrons. The van der Waals surface area contributed by atoms with Gasteiger partial charge < -0.3 is 23.0 Å². The Balaban J connectivity index is 1.78. The third-order valence-electron chi connectivity index (χ3n) is 6.18. The molecule has 0 bridgehead atoms. The molecule has 0 unspecified atom stereocenters. The molecule has 4 aromatic heterocycles. The minimum Gasteiger partial charge on any atom is -0.495 e. The van der Waals surface area contributed by atoms with E-state index in [1.54, 1.807) is 27.4 Å². The smallest absolute Gasteiger partial charge is 0.364 e. The molecule has 0 spiro atoms. The highest BCUT2D eigenvalue weighted by molar-refractivity contribution is 6.16. The van der Waals surface area contributed by atoms with Crippen molar-refractivity contribution < 1.29 is 23.0 Å². The van der Waals surface area contributed by atoms with Crippen molar-refractivity contribution in [2.45, 2.75) is 19.8 Å². The Bertz CT molecular complexity index is 1820. The molecule has 0 fully saturated rings. The SMILES string of the molecule is COc1cc2oc3c(c(-c4ccc5oc(C(C)C)cc5c4OC)nn4c(=O)[nH]nc34)c2cc1OC. The summed E-state index contributed by atoms with van der Waals surface area (Å²) in [6.07, 6.45) is 0. The molecule has 0 amide bonds. The van der Waals surface area contributed by atoms with Crippen LogP contribution in [0, 0.1) is 0 Å². The first kappa shape index (κ1) is 21.1. The largest absolute Gasteiger partial charge is 0.495 e. The van der Waals surface area contributed by atoms with Crippen molar-refractivity contribution in [2.75, 3.05) is 21.3 Å². The fraction of sp³-hybridized carbons (Fsp3) is 0.240. The number of aromatic amines is 1. The van der Waals surface area contributed by atoms with Crippen LogP contribution in [0.25, 0.3) is 49.8 Å². The monoisotopic (exact) mass is 474 g/mol. The zero-order valence-electron chi connectivity index (χ0n) is 19.8. The highest BCUT2D eigenvalue weighted by atomic mass is 16.5. The van der Waals surface area contributed by atoms with Crippen LogP contribution < -0.4 is 19.9 Å². The van der Waals surface area contributed by atoms with E-state index in [0.29, 0.717) is 50.6 Å². The molecule has 0 saturated heterocycles. The Hall–Kier alpha value is -4.47. The third-order valence-corrected chi connectivity index (χ3v) is 6.18. The summed E-state index contributed by atoms with van der Waals surface area (Å²) in [6, 6.07) is 9.29. The molecule has 1 N–H and O–H groups in total. The number of nitrogens with one attached hydrogen (secondary N) is 1. The van der Waals surface area contributed by atoms with E-state index in [1.807, 2.05) is 24.3 Å². The first-order valence-corrected chi connectivity index (χ1v) is 11.0. The number of nitrogens with zero attached hydrogens (tertiary/aromatic N) is 3. The van der Waals surface area contributed by atoms with Crippen LogP contribution in [0.5, 0.6) is 17.2 Å². The second-order valence-electron chi connectivity index (χ2n) is 8.48. The van der Waals surface area contributed by atoms with Gasteiger partial charge in [0.2, 0.25) is 5.65 Å². The maximum Gasteiger partial charge on any atom is 0.364 e. The van der Waals surface area contributed by atoms with Crippen molar-refractivity contribution in [2.24, 2.45) is 0 Å². The minimum absolute atomic E-state index is 0.210. The molecule has 0 saturated carbocycles. The summed E-state index contributed by atoms with van der Waals surface area (Å²) >= 11 is 0. The Morgan fingerprint density at radius 1 is 0.943 bits per heavy atom. The summed E-state index contributed by atoms with van der Waals surface area (Å²) in [7, 11) is 4.72. The first-order valence-electron chi connectivity index (χ1n) is 11.0. The van der Waals surface area contributed by atoms with Crippen molar-refractivity contribution in [1.29, 1.82) is 0 Å². The lowest BCUT2D eigenvalue weighted by molar-refractivity contribution is 0.355. The average molecular weight is 474 g/mol. The van der Waals surface area contributed by atoms with Crippen molar-refractivity contribution in [3.05, 3.63) is 46.6 Å². The highest BCUT2D eigenvalue weighted by Crippen LogP contribution is 2.45. The molecule has 6 aromatic rings. The summed E-state index contributed by atoms with van der Waals surface area (Å²) in [5, 5.41) is 13.5. The number of rotatable bonds is 5. The Morgan fingerprint density at radius 3 is 2.43 bits per heavy atom. The number of benzene rings is 2. The van der Waals surface area contributed by atoms with Gasteiger partial charge in [-0.3, -0.25) is 0 Å². The maximum atomic E-state index is 12.5. The van der Waals surface area contributed by atoms with Crippen LogP contribution in [-0.4, -0.2) is 41.1 Å². The normalized spacial score (nSPS) is 11.9. The third kappa shape index (κ3) is 2.92. The number of aromatic nitrogens is 4. The predicted molar refractivity (Wildman–Crippen MR) is 130 cm³/mol. The van der Waals surface area contributed by atoms with Gasteiger partial charge >= 0.3 is 5.69 Å². The molecule has 6 rings (SSSR count). The standard InChI is InChI=1S/C25H22N4O6/c1-11(2)16-9-14-15(34-16)7-6-12(22(14)33-5)21-20-13-8-18(31-3)19(32-4)10-17(13)35-23(20)24-26-27-25(30)29(24)28-21/h6-11H,1-5H3,(H,27,30). The number of furan rings is 2. The van der Waals surface area contributed by atoms with Crippen LogP contribution in [-0.2, 0) is 0 Å². The second-order valence-corrected chi connectivity index (χ2v) is 8.48. The van der Waals surface area contributed by atoms with E-state index in [9.17, 15) is 4.79 Å². The van der Waals surface area contributed by atoms with Crippen LogP contribution >= 0.6 is 0 Å². The Morgan fingerprint density at radius 2 is 1.71 bits per heavy atom. The number of ether oxygens (including phenoxy) is 3. The zero-order chi connectivity index (χ0) is 24.4. The van der Waals surface area contributed by atoms with Crippen LogP contribution in [0.2, 0.25) is 0 Å². The van der Waals surface area contributed by atoms with Crippen LogP contribution in [0.15, 0.2) is 44.0 Å². The van der Waals surface area contributed by atoms with Gasteiger partial charge in [-0.1, -0.05) is 13.8 Å².